The monoisotopic (exact) mass is 469 g/mol. The van der Waals surface area contributed by atoms with Crippen LogP contribution in [-0.2, 0) is 14.9 Å². The molecule has 0 radical (unpaired) electrons. The predicted molar refractivity (Wildman–Crippen MR) is 111 cm³/mol. The van der Waals surface area contributed by atoms with Crippen molar-refractivity contribution in [1.82, 2.24) is 4.90 Å². The van der Waals surface area contributed by atoms with Gasteiger partial charge in [0, 0.05) is 5.56 Å². The number of hydrogen-bond acceptors (Lipinski definition) is 5. The fourth-order valence-electron chi connectivity index (χ4n) is 3.90. The van der Waals surface area contributed by atoms with E-state index in [0.717, 1.165) is 24.5 Å². The molecule has 2 aromatic rings. The Kier molecular flexibility index (Phi) is 5.48. The Bertz CT molecular complexity index is 1220. The van der Waals surface area contributed by atoms with Crippen molar-refractivity contribution in [3.8, 4) is 11.1 Å². The summed E-state index contributed by atoms with van der Waals surface area (Å²) in [6.45, 7) is 0.851. The maximum absolute atomic E-state index is 14.9. The highest BCUT2D eigenvalue weighted by Gasteiger charge is 2.44. The van der Waals surface area contributed by atoms with Crippen LogP contribution in [0.4, 0.5) is 17.6 Å². The van der Waals surface area contributed by atoms with E-state index in [-0.39, 0.29) is 47.7 Å². The Morgan fingerprint density at radius 1 is 1.12 bits per heavy atom. The molecule has 0 bridgehead atoms. The van der Waals surface area contributed by atoms with Gasteiger partial charge < -0.3 is 9.74 Å². The summed E-state index contributed by atoms with van der Waals surface area (Å²) in [6, 6.07) is 7.20. The molecule has 11 heteroatoms. The summed E-state index contributed by atoms with van der Waals surface area (Å²) < 4.78 is 84.9. The molecule has 0 aliphatic carbocycles. The van der Waals surface area contributed by atoms with Crippen molar-refractivity contribution in [1.29, 1.82) is 0 Å². The van der Waals surface area contributed by atoms with Crippen LogP contribution in [0.3, 0.4) is 0 Å². The number of hydrogen-bond donors (Lipinski definition) is 0. The summed E-state index contributed by atoms with van der Waals surface area (Å²) in [6.07, 6.45) is -0.152. The van der Waals surface area contributed by atoms with Crippen molar-refractivity contribution in [3.05, 3.63) is 59.4 Å². The number of nitrogens with zero attached hydrogens (tertiary/aromatic N) is 3. The van der Waals surface area contributed by atoms with Gasteiger partial charge >= 0.3 is 0 Å². The molecule has 2 heterocycles. The van der Waals surface area contributed by atoms with Gasteiger partial charge in [-0.25, -0.2) is 26.0 Å². The first-order valence-corrected chi connectivity index (χ1v) is 11.5. The fourth-order valence-corrected chi connectivity index (χ4v) is 4.55. The third-order valence-corrected chi connectivity index (χ3v) is 5.88. The van der Waals surface area contributed by atoms with E-state index in [9.17, 15) is 26.0 Å². The summed E-state index contributed by atoms with van der Waals surface area (Å²) in [4.78, 5) is 6.82. The maximum atomic E-state index is 14.9. The number of sulfonamides is 1. The summed E-state index contributed by atoms with van der Waals surface area (Å²) in [5.41, 5.74) is -2.67. The number of likely N-dealkylation sites (tertiary alicyclic amines) is 1. The van der Waals surface area contributed by atoms with Gasteiger partial charge in [-0.1, -0.05) is 23.4 Å². The zero-order chi connectivity index (χ0) is 23.3. The number of alkyl halides is 1. The number of halogens is 4. The largest absolute Gasteiger partial charge is 0.386 e. The fraction of sp³-hybridized carbons (Fsp3) is 0.333. The normalized spacial score (nSPS) is 24.7. The number of rotatable bonds is 3. The first kappa shape index (κ1) is 22.3. The molecule has 0 spiro atoms. The molecular weight excluding hydrogens is 450 g/mol. The molecule has 2 aliphatic heterocycles. The molecule has 2 aromatic carbocycles. The average molecular weight is 469 g/mol. The van der Waals surface area contributed by atoms with Gasteiger partial charge in [-0.05, 0) is 30.7 Å². The maximum Gasteiger partial charge on any atom is 0.250 e. The zero-order valence-corrected chi connectivity index (χ0v) is 18.0. The molecule has 0 N–H and O–H groups in total. The Hall–Kier alpha value is -2.95. The third kappa shape index (κ3) is 4.21. The van der Waals surface area contributed by atoms with Crippen molar-refractivity contribution in [2.45, 2.75) is 25.1 Å². The van der Waals surface area contributed by atoms with Gasteiger partial charge in [0.2, 0.25) is 10.0 Å². The van der Waals surface area contributed by atoms with Crippen LogP contribution in [0.2, 0.25) is 0 Å². The van der Waals surface area contributed by atoms with Gasteiger partial charge in [-0.2, -0.15) is 4.40 Å². The van der Waals surface area contributed by atoms with Crippen LogP contribution in [0.25, 0.3) is 11.1 Å². The summed E-state index contributed by atoms with van der Waals surface area (Å²) in [5.74, 6) is -2.20. The second-order valence-electron chi connectivity index (χ2n) is 7.93. The van der Waals surface area contributed by atoms with Gasteiger partial charge in [-0.15, -0.1) is 0 Å². The second kappa shape index (κ2) is 7.88. The van der Waals surface area contributed by atoms with E-state index < -0.39 is 39.2 Å². The molecule has 0 saturated carbocycles. The predicted octanol–water partition coefficient (Wildman–Crippen LogP) is 3.99. The van der Waals surface area contributed by atoms with E-state index >= 15 is 0 Å². The zero-order valence-electron chi connectivity index (χ0n) is 17.1. The molecule has 2 aliphatic rings. The molecule has 6 nitrogen and oxygen atoms in total. The van der Waals surface area contributed by atoms with E-state index in [0.29, 0.717) is 0 Å². The quantitative estimate of drug-likeness (QED) is 0.638. The van der Waals surface area contributed by atoms with Crippen molar-refractivity contribution in [3.63, 3.8) is 0 Å². The molecular formula is C21H19F4N3O3S. The first-order chi connectivity index (χ1) is 15.0. The summed E-state index contributed by atoms with van der Waals surface area (Å²) in [7, 11) is -3.80. The van der Waals surface area contributed by atoms with Crippen LogP contribution >= 0.6 is 0 Å². The van der Waals surface area contributed by atoms with Crippen molar-refractivity contribution >= 4 is 21.6 Å². The number of benzene rings is 2. The van der Waals surface area contributed by atoms with Crippen LogP contribution in [0, 0.1) is 17.5 Å². The smallest absolute Gasteiger partial charge is 0.250 e. The standard InChI is InChI=1S/C21H19F4N3O3S/c1-21(25)11-28(10-17(21)27-32(2,29)30)18-9-16(31-26-18)20-12(5-3-6-15(20)24)19-13(22)7-4-8-14(19)23/h3-8,16H,9-11H2,1-2H3/b27-17-/t16?,21-/m0/s1. The molecule has 0 amide bonds. The van der Waals surface area contributed by atoms with E-state index in [1.807, 2.05) is 0 Å². The Morgan fingerprint density at radius 2 is 1.75 bits per heavy atom. The van der Waals surface area contributed by atoms with Crippen LogP contribution in [0.5, 0.6) is 0 Å². The summed E-state index contributed by atoms with van der Waals surface area (Å²) >= 11 is 0. The lowest BCUT2D eigenvalue weighted by atomic mass is 9.93. The van der Waals surface area contributed by atoms with Crippen LogP contribution < -0.4 is 0 Å². The Morgan fingerprint density at radius 3 is 2.41 bits per heavy atom. The van der Waals surface area contributed by atoms with Crippen molar-refractivity contribution < 1.29 is 30.8 Å². The lowest BCUT2D eigenvalue weighted by Gasteiger charge is -2.18. The summed E-state index contributed by atoms with van der Waals surface area (Å²) in [5, 5.41) is 3.91. The SMILES string of the molecule is C[C@]1(F)CN(C2=NOC(c3c(F)cccc3-c3c(F)cccc3F)C2)C/C1=N/S(C)(=O)=O. The third-order valence-electron chi connectivity index (χ3n) is 5.33. The van der Waals surface area contributed by atoms with E-state index in [4.69, 9.17) is 4.84 Å². The minimum atomic E-state index is -3.80. The first-order valence-electron chi connectivity index (χ1n) is 9.65. The molecule has 0 aromatic heterocycles. The average Bonchev–Trinajstić information content (AvgIpc) is 3.25. The number of oxime groups is 1. The minimum absolute atomic E-state index is 0.00770. The molecule has 4 rings (SSSR count). The Labute approximate surface area is 182 Å². The van der Waals surface area contributed by atoms with E-state index in [2.05, 4.69) is 9.55 Å². The topological polar surface area (TPSA) is 71.3 Å². The molecule has 1 fully saturated rings. The van der Waals surface area contributed by atoms with Crippen LogP contribution in [0.15, 0.2) is 46.0 Å². The van der Waals surface area contributed by atoms with Gasteiger partial charge in [0.1, 0.15) is 23.3 Å². The van der Waals surface area contributed by atoms with E-state index in [1.54, 1.807) is 0 Å². The minimum Gasteiger partial charge on any atom is -0.386 e. The molecule has 1 unspecified atom stereocenters. The lowest BCUT2D eigenvalue weighted by molar-refractivity contribution is 0.0832. The van der Waals surface area contributed by atoms with Gasteiger partial charge in [0.05, 0.1) is 37.0 Å². The van der Waals surface area contributed by atoms with Crippen molar-refractivity contribution in [2.24, 2.45) is 9.55 Å². The number of amidine groups is 1. The van der Waals surface area contributed by atoms with Crippen molar-refractivity contribution in [2.75, 3.05) is 19.3 Å². The molecule has 2 atom stereocenters. The lowest BCUT2D eigenvalue weighted by Crippen LogP contribution is -2.32. The second-order valence-corrected chi connectivity index (χ2v) is 9.58. The highest BCUT2D eigenvalue weighted by atomic mass is 32.2. The molecule has 170 valence electrons. The molecule has 1 saturated heterocycles. The van der Waals surface area contributed by atoms with Gasteiger partial charge in [-0.3, -0.25) is 0 Å². The van der Waals surface area contributed by atoms with Gasteiger partial charge in [0.25, 0.3) is 0 Å². The highest BCUT2D eigenvalue weighted by molar-refractivity contribution is 7.89. The molecule has 32 heavy (non-hydrogen) atoms. The van der Waals surface area contributed by atoms with Crippen LogP contribution in [0.1, 0.15) is 25.0 Å². The van der Waals surface area contributed by atoms with Gasteiger partial charge in [0.15, 0.2) is 11.8 Å². The highest BCUT2D eigenvalue weighted by Crippen LogP contribution is 2.39. The van der Waals surface area contributed by atoms with Crippen LogP contribution in [-0.4, -0.2) is 49.9 Å². The van der Waals surface area contributed by atoms with E-state index in [1.165, 1.54) is 30.0 Å². The Balaban J connectivity index is 1.63.